The van der Waals surface area contributed by atoms with Gasteiger partial charge in [-0.15, -0.1) is 0 Å². The summed E-state index contributed by atoms with van der Waals surface area (Å²) in [7, 11) is 0. The largest absolute Gasteiger partial charge is 0.481 e. The Labute approximate surface area is 155 Å². The lowest BCUT2D eigenvalue weighted by Gasteiger charge is -2.15. The highest BCUT2D eigenvalue weighted by Gasteiger charge is 2.21. The van der Waals surface area contributed by atoms with Crippen LogP contribution >= 0.6 is 11.8 Å². The summed E-state index contributed by atoms with van der Waals surface area (Å²) in [4.78, 5) is 23.5. The van der Waals surface area contributed by atoms with Gasteiger partial charge in [0.2, 0.25) is 5.91 Å². The van der Waals surface area contributed by atoms with E-state index >= 15 is 0 Å². The molecule has 0 heterocycles. The average Bonchev–Trinajstić information content (AvgIpc) is 2.55. The number of thioether (sulfide) groups is 1. The van der Waals surface area contributed by atoms with E-state index in [1.54, 1.807) is 11.8 Å². The van der Waals surface area contributed by atoms with E-state index in [0.29, 0.717) is 5.75 Å². The number of aryl methyl sites for hydroxylation is 1. The summed E-state index contributed by atoms with van der Waals surface area (Å²) in [5.41, 5.74) is 1.78. The molecule has 1 aromatic carbocycles. The first-order valence-corrected chi connectivity index (χ1v) is 10.4. The number of carboxylic acid groups (broad SMARTS) is 1. The number of aliphatic carboxylic acids is 1. The van der Waals surface area contributed by atoms with E-state index in [2.05, 4.69) is 12.2 Å². The highest BCUT2D eigenvalue weighted by Crippen LogP contribution is 2.18. The third-order valence-electron chi connectivity index (χ3n) is 4.04. The molecular weight excluding hydrogens is 334 g/mol. The number of hydrogen-bond acceptors (Lipinski definition) is 3. The fourth-order valence-corrected chi connectivity index (χ4v) is 3.74. The molecule has 0 fully saturated rings. The SMILES string of the molecule is CCCCCCCCSCC(CC(=O)O)C(=O)Nc1cccc(C)c1. The van der Waals surface area contributed by atoms with Gasteiger partial charge in [0.25, 0.3) is 0 Å². The van der Waals surface area contributed by atoms with E-state index in [4.69, 9.17) is 5.11 Å². The second kappa shape index (κ2) is 12.8. The Kier molecular flexibility index (Phi) is 11.0. The lowest BCUT2D eigenvalue weighted by atomic mass is 10.1. The van der Waals surface area contributed by atoms with Crippen LogP contribution in [0.1, 0.15) is 57.4 Å². The molecule has 0 aliphatic heterocycles. The van der Waals surface area contributed by atoms with Crippen LogP contribution in [0.5, 0.6) is 0 Å². The molecule has 1 unspecified atom stereocenters. The molecule has 0 radical (unpaired) electrons. The van der Waals surface area contributed by atoms with Crippen LogP contribution in [0.3, 0.4) is 0 Å². The third-order valence-corrected chi connectivity index (χ3v) is 5.25. The number of nitrogens with one attached hydrogen (secondary N) is 1. The van der Waals surface area contributed by atoms with Crippen molar-refractivity contribution in [2.75, 3.05) is 16.8 Å². The topological polar surface area (TPSA) is 66.4 Å². The minimum absolute atomic E-state index is 0.124. The minimum atomic E-state index is -0.926. The smallest absolute Gasteiger partial charge is 0.304 e. The second-order valence-electron chi connectivity index (χ2n) is 6.50. The van der Waals surface area contributed by atoms with Gasteiger partial charge in [0.05, 0.1) is 12.3 Å². The summed E-state index contributed by atoms with van der Waals surface area (Å²) in [6.07, 6.45) is 7.33. The highest BCUT2D eigenvalue weighted by atomic mass is 32.2. The number of carboxylic acids is 1. The molecule has 0 aromatic heterocycles. The molecule has 0 saturated heterocycles. The van der Waals surface area contributed by atoms with Gasteiger partial charge in [0.15, 0.2) is 0 Å². The fraction of sp³-hybridized carbons (Fsp3) is 0.600. The number of unbranched alkanes of at least 4 members (excludes halogenated alkanes) is 5. The number of benzene rings is 1. The first kappa shape index (κ1) is 21.6. The molecule has 140 valence electrons. The molecule has 1 rings (SSSR count). The number of anilines is 1. The van der Waals surface area contributed by atoms with Crippen molar-refractivity contribution in [2.24, 2.45) is 5.92 Å². The standard InChI is InChI=1S/C20H31NO3S/c1-3-4-5-6-7-8-12-25-15-17(14-19(22)23)20(24)21-18-11-9-10-16(2)13-18/h9-11,13,17H,3-8,12,14-15H2,1-2H3,(H,21,24)(H,22,23). The molecule has 1 atom stereocenters. The maximum Gasteiger partial charge on any atom is 0.304 e. The van der Waals surface area contributed by atoms with Gasteiger partial charge in [-0.05, 0) is 36.8 Å². The van der Waals surface area contributed by atoms with Crippen molar-refractivity contribution < 1.29 is 14.7 Å². The van der Waals surface area contributed by atoms with E-state index < -0.39 is 11.9 Å². The third kappa shape index (κ3) is 10.2. The number of rotatable bonds is 13. The van der Waals surface area contributed by atoms with E-state index in [-0.39, 0.29) is 12.3 Å². The van der Waals surface area contributed by atoms with E-state index in [9.17, 15) is 9.59 Å². The summed E-state index contributed by atoms with van der Waals surface area (Å²) in [5.74, 6) is -0.0881. The molecule has 1 aromatic rings. The van der Waals surface area contributed by atoms with Crippen molar-refractivity contribution in [2.45, 2.75) is 58.8 Å². The number of carbonyl (C=O) groups excluding carboxylic acids is 1. The molecule has 0 aliphatic rings. The summed E-state index contributed by atoms with van der Waals surface area (Å²) < 4.78 is 0. The summed E-state index contributed by atoms with van der Waals surface area (Å²) in [5, 5.41) is 11.9. The van der Waals surface area contributed by atoms with Crippen molar-refractivity contribution in [1.82, 2.24) is 0 Å². The Hall–Kier alpha value is -1.49. The molecule has 0 saturated carbocycles. The van der Waals surface area contributed by atoms with Crippen LogP contribution in [0.15, 0.2) is 24.3 Å². The van der Waals surface area contributed by atoms with Gasteiger partial charge in [-0.3, -0.25) is 9.59 Å². The highest BCUT2D eigenvalue weighted by molar-refractivity contribution is 7.99. The van der Waals surface area contributed by atoms with Crippen LogP contribution in [-0.4, -0.2) is 28.5 Å². The zero-order valence-corrected chi connectivity index (χ0v) is 16.2. The van der Waals surface area contributed by atoms with E-state index in [0.717, 1.165) is 23.4 Å². The quantitative estimate of drug-likeness (QED) is 0.476. The van der Waals surface area contributed by atoms with Crippen LogP contribution in [-0.2, 0) is 9.59 Å². The molecule has 25 heavy (non-hydrogen) atoms. The van der Waals surface area contributed by atoms with Gasteiger partial charge in [0, 0.05) is 11.4 Å². The van der Waals surface area contributed by atoms with Gasteiger partial charge < -0.3 is 10.4 Å². The Balaban J connectivity index is 2.37. The van der Waals surface area contributed by atoms with Crippen molar-refractivity contribution in [3.05, 3.63) is 29.8 Å². The number of amides is 1. The molecule has 0 aliphatic carbocycles. The molecule has 4 nitrogen and oxygen atoms in total. The molecule has 0 bridgehead atoms. The van der Waals surface area contributed by atoms with E-state index in [1.165, 1.54) is 32.1 Å². The van der Waals surface area contributed by atoms with E-state index in [1.807, 2.05) is 31.2 Å². The maximum absolute atomic E-state index is 12.4. The first-order chi connectivity index (χ1) is 12.0. The zero-order valence-electron chi connectivity index (χ0n) is 15.4. The predicted octanol–water partition coefficient (Wildman–Crippen LogP) is 5.12. The second-order valence-corrected chi connectivity index (χ2v) is 7.65. The van der Waals surface area contributed by atoms with Crippen molar-refractivity contribution in [3.8, 4) is 0 Å². The average molecular weight is 366 g/mol. The molecule has 0 spiro atoms. The van der Waals surface area contributed by atoms with Gasteiger partial charge in [-0.1, -0.05) is 51.2 Å². The molecule has 2 N–H and O–H groups in total. The maximum atomic E-state index is 12.4. The Morgan fingerprint density at radius 3 is 2.56 bits per heavy atom. The summed E-state index contributed by atoms with van der Waals surface area (Å²) in [6, 6.07) is 7.55. The van der Waals surface area contributed by atoms with Crippen molar-refractivity contribution >= 4 is 29.3 Å². The Bertz CT molecular complexity index is 533. The van der Waals surface area contributed by atoms with Crippen molar-refractivity contribution in [3.63, 3.8) is 0 Å². The fourth-order valence-electron chi connectivity index (χ4n) is 2.62. The van der Waals surface area contributed by atoms with Crippen molar-refractivity contribution in [1.29, 1.82) is 0 Å². The van der Waals surface area contributed by atoms with Crippen LogP contribution in [0.4, 0.5) is 5.69 Å². The lowest BCUT2D eigenvalue weighted by molar-refractivity contribution is -0.139. The molecule has 5 heteroatoms. The summed E-state index contributed by atoms with van der Waals surface area (Å²) >= 11 is 1.69. The molecular formula is C20H31NO3S. The van der Waals surface area contributed by atoms with Gasteiger partial charge in [0.1, 0.15) is 0 Å². The van der Waals surface area contributed by atoms with Gasteiger partial charge in [-0.25, -0.2) is 0 Å². The number of carbonyl (C=O) groups is 2. The molecule has 1 amide bonds. The van der Waals surface area contributed by atoms with Crippen LogP contribution in [0, 0.1) is 12.8 Å². The van der Waals surface area contributed by atoms with Crippen LogP contribution in [0.2, 0.25) is 0 Å². The predicted molar refractivity (Wildman–Crippen MR) is 106 cm³/mol. The Morgan fingerprint density at radius 1 is 1.16 bits per heavy atom. The van der Waals surface area contributed by atoms with Crippen LogP contribution < -0.4 is 5.32 Å². The normalized spacial score (nSPS) is 11.9. The summed E-state index contributed by atoms with van der Waals surface area (Å²) in [6.45, 7) is 4.17. The monoisotopic (exact) mass is 365 g/mol. The zero-order chi connectivity index (χ0) is 18.5. The minimum Gasteiger partial charge on any atom is -0.481 e. The number of hydrogen-bond donors (Lipinski definition) is 2. The Morgan fingerprint density at radius 2 is 1.88 bits per heavy atom. The van der Waals surface area contributed by atoms with Gasteiger partial charge in [-0.2, -0.15) is 11.8 Å². The first-order valence-electron chi connectivity index (χ1n) is 9.20. The van der Waals surface area contributed by atoms with Crippen LogP contribution in [0.25, 0.3) is 0 Å². The van der Waals surface area contributed by atoms with Gasteiger partial charge >= 0.3 is 5.97 Å². The lowest BCUT2D eigenvalue weighted by Crippen LogP contribution is -2.27.